The average Bonchev–Trinajstić information content (AvgIpc) is 2.84. The van der Waals surface area contributed by atoms with Gasteiger partial charge < -0.3 is 4.74 Å². The molecule has 0 spiro atoms. The first-order valence-corrected chi connectivity index (χ1v) is 7.07. The molecule has 1 aliphatic carbocycles. The summed E-state index contributed by atoms with van der Waals surface area (Å²) in [6, 6.07) is 5.81. The first-order valence-electron chi connectivity index (χ1n) is 6.15. The van der Waals surface area contributed by atoms with E-state index in [0.717, 1.165) is 10.8 Å². The molecule has 1 atom stereocenters. The fourth-order valence-corrected chi connectivity index (χ4v) is 3.42. The molecular weight excluding hydrogens is 255 g/mol. The van der Waals surface area contributed by atoms with Crippen LogP contribution in [0.2, 0.25) is 5.02 Å². The highest BCUT2D eigenvalue weighted by molar-refractivity contribution is 6.30. The standard InChI is InChI=1S/C14H18Cl2O/c1-17-14-7-6-11(16)8-12(14)13(9-15)10-4-2-3-5-10/h6-8,10,13H,2-5,9H2,1H3. The molecule has 1 unspecified atom stereocenters. The van der Waals surface area contributed by atoms with Crippen LogP contribution in [0.15, 0.2) is 18.2 Å². The van der Waals surface area contributed by atoms with Gasteiger partial charge in [0.05, 0.1) is 7.11 Å². The summed E-state index contributed by atoms with van der Waals surface area (Å²) >= 11 is 12.2. The van der Waals surface area contributed by atoms with Crippen molar-refractivity contribution < 1.29 is 4.74 Å². The molecule has 1 aromatic carbocycles. The number of rotatable bonds is 4. The SMILES string of the molecule is COc1ccc(Cl)cc1C(CCl)C1CCCC1. The summed E-state index contributed by atoms with van der Waals surface area (Å²) in [5, 5.41) is 0.758. The highest BCUT2D eigenvalue weighted by Crippen LogP contribution is 2.41. The lowest BCUT2D eigenvalue weighted by Gasteiger charge is -2.23. The van der Waals surface area contributed by atoms with Crippen LogP contribution in [-0.2, 0) is 0 Å². The molecule has 3 heteroatoms. The summed E-state index contributed by atoms with van der Waals surface area (Å²) in [6.45, 7) is 0. The molecule has 2 rings (SSSR count). The quantitative estimate of drug-likeness (QED) is 0.712. The van der Waals surface area contributed by atoms with E-state index in [1.165, 1.54) is 31.2 Å². The molecule has 0 saturated heterocycles. The van der Waals surface area contributed by atoms with Crippen LogP contribution in [0.5, 0.6) is 5.75 Å². The van der Waals surface area contributed by atoms with E-state index in [1.807, 2.05) is 18.2 Å². The number of hydrogen-bond acceptors (Lipinski definition) is 1. The third-order valence-electron chi connectivity index (χ3n) is 3.73. The van der Waals surface area contributed by atoms with Gasteiger partial charge >= 0.3 is 0 Å². The molecule has 0 radical (unpaired) electrons. The minimum atomic E-state index is 0.368. The maximum atomic E-state index is 6.16. The highest BCUT2D eigenvalue weighted by Gasteiger charge is 2.27. The first kappa shape index (κ1) is 13.0. The second-order valence-electron chi connectivity index (χ2n) is 4.69. The Balaban J connectivity index is 2.31. The molecule has 17 heavy (non-hydrogen) atoms. The zero-order valence-corrected chi connectivity index (χ0v) is 11.6. The largest absolute Gasteiger partial charge is 0.496 e. The van der Waals surface area contributed by atoms with Crippen LogP contribution >= 0.6 is 23.2 Å². The molecule has 0 aromatic heterocycles. The molecule has 94 valence electrons. The first-order chi connectivity index (χ1) is 8.26. The number of halogens is 2. The zero-order chi connectivity index (χ0) is 12.3. The Bertz CT molecular complexity index is 372. The Morgan fingerprint density at radius 1 is 1.35 bits per heavy atom. The molecule has 0 N–H and O–H groups in total. The monoisotopic (exact) mass is 272 g/mol. The second-order valence-corrected chi connectivity index (χ2v) is 5.44. The Morgan fingerprint density at radius 2 is 2.06 bits per heavy atom. The van der Waals surface area contributed by atoms with Crippen molar-refractivity contribution in [2.45, 2.75) is 31.6 Å². The van der Waals surface area contributed by atoms with Crippen molar-refractivity contribution in [3.8, 4) is 5.75 Å². The molecule has 1 aromatic rings. The van der Waals surface area contributed by atoms with Crippen LogP contribution in [0.1, 0.15) is 37.2 Å². The van der Waals surface area contributed by atoms with Gasteiger partial charge in [0.2, 0.25) is 0 Å². The number of ether oxygens (including phenoxy) is 1. The van der Waals surface area contributed by atoms with E-state index >= 15 is 0 Å². The number of alkyl halides is 1. The Labute approximate surface area is 113 Å². The average molecular weight is 273 g/mol. The molecule has 0 heterocycles. The van der Waals surface area contributed by atoms with Gasteiger partial charge in [-0.15, -0.1) is 11.6 Å². The molecule has 0 amide bonds. The topological polar surface area (TPSA) is 9.23 Å². The van der Waals surface area contributed by atoms with Crippen LogP contribution in [0.4, 0.5) is 0 Å². The van der Waals surface area contributed by atoms with Gasteiger partial charge in [-0.3, -0.25) is 0 Å². The maximum Gasteiger partial charge on any atom is 0.122 e. The van der Waals surface area contributed by atoms with E-state index in [2.05, 4.69) is 0 Å². The van der Waals surface area contributed by atoms with Gasteiger partial charge in [0, 0.05) is 22.4 Å². The molecule has 1 nitrogen and oxygen atoms in total. The molecule has 0 aliphatic heterocycles. The predicted octanol–water partition coefficient (Wildman–Crippen LogP) is 4.86. The van der Waals surface area contributed by atoms with Gasteiger partial charge in [-0.2, -0.15) is 0 Å². The van der Waals surface area contributed by atoms with Gasteiger partial charge in [0.1, 0.15) is 5.75 Å². The Kier molecular flexibility index (Phi) is 4.58. The summed E-state index contributed by atoms with van der Waals surface area (Å²) in [6.07, 6.45) is 5.18. The zero-order valence-electron chi connectivity index (χ0n) is 10.1. The summed E-state index contributed by atoms with van der Waals surface area (Å²) < 4.78 is 5.43. The third kappa shape index (κ3) is 2.89. The maximum absolute atomic E-state index is 6.16. The lowest BCUT2D eigenvalue weighted by atomic mass is 9.86. The second kappa shape index (κ2) is 5.97. The molecule has 1 saturated carbocycles. The number of benzene rings is 1. The van der Waals surface area contributed by atoms with E-state index < -0.39 is 0 Å². The summed E-state index contributed by atoms with van der Waals surface area (Å²) in [4.78, 5) is 0. The van der Waals surface area contributed by atoms with Crippen molar-refractivity contribution in [3.63, 3.8) is 0 Å². The third-order valence-corrected chi connectivity index (χ3v) is 4.29. The minimum Gasteiger partial charge on any atom is -0.496 e. The van der Waals surface area contributed by atoms with Gasteiger partial charge in [-0.05, 0) is 37.0 Å². The van der Waals surface area contributed by atoms with Crippen LogP contribution in [0.3, 0.4) is 0 Å². The van der Waals surface area contributed by atoms with Gasteiger partial charge in [0.25, 0.3) is 0 Å². The van der Waals surface area contributed by atoms with Crippen molar-refractivity contribution in [1.82, 2.24) is 0 Å². The lowest BCUT2D eigenvalue weighted by Crippen LogP contribution is -2.12. The molecule has 1 fully saturated rings. The predicted molar refractivity (Wildman–Crippen MR) is 73.4 cm³/mol. The van der Waals surface area contributed by atoms with Gasteiger partial charge in [-0.25, -0.2) is 0 Å². The van der Waals surface area contributed by atoms with E-state index in [-0.39, 0.29) is 0 Å². The molecular formula is C14H18Cl2O. The summed E-state index contributed by atoms with van der Waals surface area (Å²) in [5.41, 5.74) is 1.17. The smallest absolute Gasteiger partial charge is 0.122 e. The minimum absolute atomic E-state index is 0.368. The van der Waals surface area contributed by atoms with Crippen molar-refractivity contribution >= 4 is 23.2 Å². The fraction of sp³-hybridized carbons (Fsp3) is 0.571. The van der Waals surface area contributed by atoms with E-state index in [9.17, 15) is 0 Å². The van der Waals surface area contributed by atoms with Crippen LogP contribution in [0.25, 0.3) is 0 Å². The Morgan fingerprint density at radius 3 is 2.65 bits per heavy atom. The number of hydrogen-bond donors (Lipinski definition) is 0. The van der Waals surface area contributed by atoms with Gasteiger partial charge in [-0.1, -0.05) is 24.4 Å². The summed E-state index contributed by atoms with van der Waals surface area (Å²) in [5.74, 6) is 2.60. The normalized spacial score (nSPS) is 18.3. The van der Waals surface area contributed by atoms with Crippen molar-refractivity contribution in [3.05, 3.63) is 28.8 Å². The van der Waals surface area contributed by atoms with Crippen LogP contribution in [-0.4, -0.2) is 13.0 Å². The molecule has 0 bridgehead atoms. The van der Waals surface area contributed by atoms with Crippen LogP contribution in [0, 0.1) is 5.92 Å². The Hall–Kier alpha value is -0.400. The highest BCUT2D eigenvalue weighted by atomic mass is 35.5. The van der Waals surface area contributed by atoms with E-state index in [4.69, 9.17) is 27.9 Å². The number of methoxy groups -OCH3 is 1. The molecule has 1 aliphatic rings. The summed E-state index contributed by atoms with van der Waals surface area (Å²) in [7, 11) is 1.70. The van der Waals surface area contributed by atoms with Crippen molar-refractivity contribution in [2.24, 2.45) is 5.92 Å². The lowest BCUT2D eigenvalue weighted by molar-refractivity contribution is 0.391. The van der Waals surface area contributed by atoms with Gasteiger partial charge in [0.15, 0.2) is 0 Å². The van der Waals surface area contributed by atoms with E-state index in [0.29, 0.717) is 17.7 Å². The van der Waals surface area contributed by atoms with Crippen LogP contribution < -0.4 is 4.74 Å². The van der Waals surface area contributed by atoms with E-state index in [1.54, 1.807) is 7.11 Å². The van der Waals surface area contributed by atoms with Crippen molar-refractivity contribution in [2.75, 3.05) is 13.0 Å². The van der Waals surface area contributed by atoms with Crippen molar-refractivity contribution in [1.29, 1.82) is 0 Å². The fourth-order valence-electron chi connectivity index (χ4n) is 2.82.